The number of amides is 1. The summed E-state index contributed by atoms with van der Waals surface area (Å²) in [5.41, 5.74) is 6.10. The van der Waals surface area contributed by atoms with Gasteiger partial charge in [-0.2, -0.15) is 0 Å². The zero-order valence-electron chi connectivity index (χ0n) is 12.2. The molecule has 0 radical (unpaired) electrons. The van der Waals surface area contributed by atoms with Gasteiger partial charge in [0.15, 0.2) is 5.13 Å². The molecule has 1 aromatic rings. The number of carbonyl (C=O) groups excluding carboxylic acids is 1. The molecule has 1 fully saturated rings. The fraction of sp³-hybridized carbons (Fsp3) is 0.643. The summed E-state index contributed by atoms with van der Waals surface area (Å²) in [5.74, 6) is -0.0997. The van der Waals surface area contributed by atoms with Gasteiger partial charge >= 0.3 is 0 Å². The van der Waals surface area contributed by atoms with Crippen LogP contribution in [-0.2, 0) is 10.2 Å². The topological polar surface area (TPSA) is 68.0 Å². The molecule has 0 aromatic carbocycles. The average molecular weight is 311 g/mol. The number of nitrogens with one attached hydrogen (secondary N) is 1. The Kier molecular flexibility index (Phi) is 4.16. The minimum Gasteiger partial charge on any atom is -0.392 e. The number of anilines is 1. The highest BCUT2D eigenvalue weighted by Crippen LogP contribution is 2.40. The Morgan fingerprint density at radius 2 is 2.05 bits per heavy atom. The Labute approximate surface area is 129 Å². The SMILES string of the molecule is CC(C)(C)c1csc(NC(=O)C2(C(N)=S)CCCC2)n1. The van der Waals surface area contributed by atoms with Crippen molar-refractivity contribution in [1.29, 1.82) is 0 Å². The number of nitrogens with two attached hydrogens (primary N) is 1. The number of thiocarbonyl (C=S) groups is 1. The third-order valence-electron chi connectivity index (χ3n) is 3.86. The second-order valence-electron chi connectivity index (χ2n) is 6.40. The van der Waals surface area contributed by atoms with E-state index < -0.39 is 5.41 Å². The summed E-state index contributed by atoms with van der Waals surface area (Å²) in [6, 6.07) is 0. The summed E-state index contributed by atoms with van der Waals surface area (Å²) in [7, 11) is 0. The molecule has 2 rings (SSSR count). The van der Waals surface area contributed by atoms with Gasteiger partial charge in [0, 0.05) is 10.8 Å². The van der Waals surface area contributed by atoms with Gasteiger partial charge in [0.1, 0.15) is 0 Å². The maximum absolute atomic E-state index is 12.5. The zero-order chi connectivity index (χ0) is 15.0. The molecule has 1 amide bonds. The smallest absolute Gasteiger partial charge is 0.239 e. The Bertz CT molecular complexity index is 525. The third kappa shape index (κ3) is 2.86. The van der Waals surface area contributed by atoms with Crippen LogP contribution < -0.4 is 11.1 Å². The van der Waals surface area contributed by atoms with Crippen LogP contribution in [0.5, 0.6) is 0 Å². The molecule has 0 bridgehead atoms. The minimum absolute atomic E-state index is 0.0201. The van der Waals surface area contributed by atoms with Gasteiger partial charge in [0.05, 0.1) is 16.1 Å². The predicted octanol–water partition coefficient (Wildman–Crippen LogP) is 3.23. The summed E-state index contributed by atoms with van der Waals surface area (Å²) < 4.78 is 0. The molecule has 0 saturated heterocycles. The standard InChI is InChI=1S/C14H21N3OS2/c1-13(2,3)9-8-20-12(16-9)17-11(18)14(10(15)19)6-4-5-7-14/h8H,4-7H2,1-3H3,(H2,15,19)(H,16,17,18). The normalized spacial score (nSPS) is 17.9. The van der Waals surface area contributed by atoms with Crippen LogP contribution in [0.2, 0.25) is 0 Å². The van der Waals surface area contributed by atoms with Crippen LogP contribution in [-0.4, -0.2) is 15.9 Å². The molecule has 0 spiro atoms. The van der Waals surface area contributed by atoms with Crippen molar-refractivity contribution in [2.75, 3.05) is 5.32 Å². The van der Waals surface area contributed by atoms with Crippen LogP contribution in [0.3, 0.4) is 0 Å². The second kappa shape index (κ2) is 5.41. The minimum atomic E-state index is -0.678. The Hall–Kier alpha value is -1.01. The van der Waals surface area contributed by atoms with Crippen LogP contribution in [0.25, 0.3) is 0 Å². The van der Waals surface area contributed by atoms with E-state index in [4.69, 9.17) is 18.0 Å². The summed E-state index contributed by atoms with van der Waals surface area (Å²) in [4.78, 5) is 17.3. The molecular formula is C14H21N3OS2. The maximum Gasteiger partial charge on any atom is 0.239 e. The van der Waals surface area contributed by atoms with E-state index in [1.54, 1.807) is 0 Å². The first-order valence-electron chi connectivity index (χ1n) is 6.83. The molecule has 6 heteroatoms. The number of hydrogen-bond acceptors (Lipinski definition) is 4. The molecule has 1 saturated carbocycles. The summed E-state index contributed by atoms with van der Waals surface area (Å²) in [5, 5.41) is 5.51. The molecule has 0 aliphatic heterocycles. The van der Waals surface area contributed by atoms with Gasteiger partial charge in [-0.3, -0.25) is 4.79 Å². The van der Waals surface area contributed by atoms with E-state index in [1.807, 2.05) is 5.38 Å². The van der Waals surface area contributed by atoms with Crippen LogP contribution in [0.1, 0.15) is 52.1 Å². The van der Waals surface area contributed by atoms with Crippen LogP contribution in [0.15, 0.2) is 5.38 Å². The molecule has 1 aliphatic carbocycles. The van der Waals surface area contributed by atoms with E-state index in [2.05, 4.69) is 31.1 Å². The Morgan fingerprint density at radius 3 is 2.50 bits per heavy atom. The predicted molar refractivity (Wildman–Crippen MR) is 87.1 cm³/mol. The molecule has 1 heterocycles. The first kappa shape index (κ1) is 15.4. The summed E-state index contributed by atoms with van der Waals surface area (Å²) >= 11 is 6.57. The number of nitrogens with zero attached hydrogens (tertiary/aromatic N) is 1. The molecule has 0 atom stereocenters. The largest absolute Gasteiger partial charge is 0.392 e. The lowest BCUT2D eigenvalue weighted by atomic mass is 9.85. The van der Waals surface area contributed by atoms with Crippen molar-refractivity contribution in [2.45, 2.75) is 51.9 Å². The lowest BCUT2D eigenvalue weighted by Crippen LogP contribution is -2.43. The van der Waals surface area contributed by atoms with Crippen molar-refractivity contribution in [2.24, 2.45) is 11.1 Å². The van der Waals surface area contributed by atoms with Crippen molar-refractivity contribution in [3.05, 3.63) is 11.1 Å². The maximum atomic E-state index is 12.5. The third-order valence-corrected chi connectivity index (χ3v) is 5.00. The van der Waals surface area contributed by atoms with Crippen molar-refractivity contribution >= 4 is 39.6 Å². The van der Waals surface area contributed by atoms with E-state index in [9.17, 15) is 4.79 Å². The molecule has 1 aromatic heterocycles. The highest BCUT2D eigenvalue weighted by atomic mass is 32.1. The van der Waals surface area contributed by atoms with Gasteiger partial charge in [-0.05, 0) is 12.8 Å². The number of hydrogen-bond donors (Lipinski definition) is 2. The first-order chi connectivity index (χ1) is 9.25. The Balaban J connectivity index is 2.15. The van der Waals surface area contributed by atoms with Gasteiger partial charge in [-0.25, -0.2) is 4.98 Å². The first-order valence-corrected chi connectivity index (χ1v) is 8.12. The summed E-state index contributed by atoms with van der Waals surface area (Å²) in [6.45, 7) is 6.30. The van der Waals surface area contributed by atoms with Crippen molar-refractivity contribution < 1.29 is 4.79 Å². The number of aromatic nitrogens is 1. The molecule has 4 nitrogen and oxygen atoms in total. The summed E-state index contributed by atoms with van der Waals surface area (Å²) in [6.07, 6.45) is 3.48. The lowest BCUT2D eigenvalue weighted by Gasteiger charge is -2.25. The van der Waals surface area contributed by atoms with Crippen LogP contribution in [0, 0.1) is 5.41 Å². The van der Waals surface area contributed by atoms with E-state index in [0.29, 0.717) is 10.1 Å². The fourth-order valence-corrected chi connectivity index (χ4v) is 3.69. The molecular weight excluding hydrogens is 290 g/mol. The van der Waals surface area contributed by atoms with E-state index >= 15 is 0 Å². The van der Waals surface area contributed by atoms with Crippen LogP contribution >= 0.6 is 23.6 Å². The quantitative estimate of drug-likeness (QED) is 0.841. The molecule has 20 heavy (non-hydrogen) atoms. The van der Waals surface area contributed by atoms with Crippen LogP contribution in [0.4, 0.5) is 5.13 Å². The molecule has 110 valence electrons. The monoisotopic (exact) mass is 311 g/mol. The van der Waals surface area contributed by atoms with Gasteiger partial charge in [0.25, 0.3) is 0 Å². The van der Waals surface area contributed by atoms with Gasteiger partial charge in [0.2, 0.25) is 5.91 Å². The average Bonchev–Trinajstić information content (AvgIpc) is 2.96. The number of thiazole rings is 1. The fourth-order valence-electron chi connectivity index (χ4n) is 2.46. The van der Waals surface area contributed by atoms with E-state index in [0.717, 1.165) is 31.4 Å². The number of carbonyl (C=O) groups is 1. The highest BCUT2D eigenvalue weighted by Gasteiger charge is 2.44. The Morgan fingerprint density at radius 1 is 1.45 bits per heavy atom. The molecule has 3 N–H and O–H groups in total. The van der Waals surface area contributed by atoms with Crippen molar-refractivity contribution in [3.63, 3.8) is 0 Å². The number of rotatable bonds is 3. The highest BCUT2D eigenvalue weighted by molar-refractivity contribution is 7.80. The van der Waals surface area contributed by atoms with E-state index in [-0.39, 0.29) is 11.3 Å². The van der Waals surface area contributed by atoms with Crippen molar-refractivity contribution in [1.82, 2.24) is 4.98 Å². The zero-order valence-corrected chi connectivity index (χ0v) is 13.8. The van der Waals surface area contributed by atoms with Gasteiger partial charge in [-0.1, -0.05) is 45.8 Å². The van der Waals surface area contributed by atoms with Gasteiger partial charge < -0.3 is 11.1 Å². The van der Waals surface area contributed by atoms with E-state index in [1.165, 1.54) is 11.3 Å². The van der Waals surface area contributed by atoms with Gasteiger partial charge in [-0.15, -0.1) is 11.3 Å². The molecule has 1 aliphatic rings. The van der Waals surface area contributed by atoms with Crippen molar-refractivity contribution in [3.8, 4) is 0 Å². The second-order valence-corrected chi connectivity index (χ2v) is 7.69. The molecule has 0 unspecified atom stereocenters. The lowest BCUT2D eigenvalue weighted by molar-refractivity contribution is -0.122.